The molecule has 0 unspecified atom stereocenters. The summed E-state index contributed by atoms with van der Waals surface area (Å²) in [7, 11) is 3.90. The lowest BCUT2D eigenvalue weighted by Gasteiger charge is -2.10. The van der Waals surface area contributed by atoms with Gasteiger partial charge in [0, 0.05) is 25.9 Å². The normalized spacial score (nSPS) is 10.3. The monoisotopic (exact) mass is 222 g/mol. The van der Waals surface area contributed by atoms with Gasteiger partial charge in [0.15, 0.2) is 0 Å². The van der Waals surface area contributed by atoms with E-state index >= 15 is 0 Å². The van der Waals surface area contributed by atoms with Gasteiger partial charge in [0.2, 0.25) is 0 Å². The van der Waals surface area contributed by atoms with E-state index in [1.807, 2.05) is 31.1 Å². The van der Waals surface area contributed by atoms with Crippen molar-refractivity contribution in [3.63, 3.8) is 0 Å². The van der Waals surface area contributed by atoms with Crippen molar-refractivity contribution in [1.29, 1.82) is 0 Å². The summed E-state index contributed by atoms with van der Waals surface area (Å²) in [4.78, 5) is 13.2. The van der Waals surface area contributed by atoms with Crippen LogP contribution in [0, 0.1) is 0 Å². The highest BCUT2D eigenvalue weighted by atomic mass is 35.5. The van der Waals surface area contributed by atoms with E-state index in [9.17, 15) is 0 Å². The summed E-state index contributed by atoms with van der Waals surface area (Å²) in [5, 5.41) is 0.536. The minimum absolute atomic E-state index is 0.536. The zero-order valence-electron chi connectivity index (χ0n) is 8.53. The Balaban J connectivity index is 2.36. The van der Waals surface area contributed by atoms with E-state index in [0.717, 1.165) is 17.1 Å². The molecule has 0 spiro atoms. The highest BCUT2D eigenvalue weighted by Gasteiger charge is 2.06. The standard InChI is InChI=1S/C10H11ClN4/c1-15(2)8-4-3-7(5-12-8)9-10(11)14-6-13-9/h3-6H,1-2H3,(H,13,14). The molecule has 1 N–H and O–H groups in total. The van der Waals surface area contributed by atoms with Crippen molar-refractivity contribution in [1.82, 2.24) is 15.0 Å². The van der Waals surface area contributed by atoms with Crippen LogP contribution in [-0.2, 0) is 0 Å². The van der Waals surface area contributed by atoms with Crippen molar-refractivity contribution in [2.75, 3.05) is 19.0 Å². The molecule has 78 valence electrons. The third-order valence-electron chi connectivity index (χ3n) is 2.07. The van der Waals surface area contributed by atoms with E-state index in [0.29, 0.717) is 5.15 Å². The van der Waals surface area contributed by atoms with Crippen LogP contribution in [0.15, 0.2) is 24.7 Å². The second-order valence-electron chi connectivity index (χ2n) is 3.36. The molecular weight excluding hydrogens is 212 g/mol. The maximum Gasteiger partial charge on any atom is 0.134 e. The average Bonchev–Trinajstić information content (AvgIpc) is 2.65. The van der Waals surface area contributed by atoms with Gasteiger partial charge >= 0.3 is 0 Å². The van der Waals surface area contributed by atoms with Gasteiger partial charge in [0.05, 0.1) is 6.33 Å². The van der Waals surface area contributed by atoms with E-state index in [4.69, 9.17) is 11.6 Å². The Morgan fingerprint density at radius 1 is 1.27 bits per heavy atom. The largest absolute Gasteiger partial charge is 0.363 e. The fraction of sp³-hybridized carbons (Fsp3) is 0.200. The molecule has 4 nitrogen and oxygen atoms in total. The van der Waals surface area contributed by atoms with Gasteiger partial charge in [-0.3, -0.25) is 0 Å². The van der Waals surface area contributed by atoms with Crippen LogP contribution in [0.1, 0.15) is 0 Å². The van der Waals surface area contributed by atoms with Gasteiger partial charge in [-0.15, -0.1) is 0 Å². The second-order valence-corrected chi connectivity index (χ2v) is 3.74. The first-order valence-corrected chi connectivity index (χ1v) is 4.89. The van der Waals surface area contributed by atoms with Gasteiger partial charge in [-0.05, 0) is 12.1 Å². The first-order valence-electron chi connectivity index (χ1n) is 4.51. The summed E-state index contributed by atoms with van der Waals surface area (Å²) in [6.07, 6.45) is 3.33. The maximum atomic E-state index is 5.92. The number of imidazole rings is 1. The Labute approximate surface area is 92.9 Å². The Bertz CT molecular complexity index is 447. The van der Waals surface area contributed by atoms with Crippen molar-refractivity contribution in [3.05, 3.63) is 29.8 Å². The van der Waals surface area contributed by atoms with Gasteiger partial charge in [-0.25, -0.2) is 9.97 Å². The molecule has 2 heterocycles. The van der Waals surface area contributed by atoms with Crippen molar-refractivity contribution in [3.8, 4) is 11.3 Å². The van der Waals surface area contributed by atoms with Crippen LogP contribution in [-0.4, -0.2) is 29.0 Å². The van der Waals surface area contributed by atoms with E-state index in [1.165, 1.54) is 0 Å². The molecule has 5 heteroatoms. The molecule has 0 aliphatic heterocycles. The molecule has 0 atom stereocenters. The van der Waals surface area contributed by atoms with Crippen molar-refractivity contribution < 1.29 is 0 Å². The summed E-state index contributed by atoms with van der Waals surface area (Å²) in [5.74, 6) is 0.908. The summed E-state index contributed by atoms with van der Waals surface area (Å²) in [6.45, 7) is 0. The number of nitrogens with one attached hydrogen (secondary N) is 1. The minimum Gasteiger partial charge on any atom is -0.363 e. The summed E-state index contributed by atoms with van der Waals surface area (Å²) < 4.78 is 0. The molecule has 2 aromatic heterocycles. The topological polar surface area (TPSA) is 44.8 Å². The Hall–Kier alpha value is -1.55. The van der Waals surface area contributed by atoms with Crippen LogP contribution in [0.5, 0.6) is 0 Å². The van der Waals surface area contributed by atoms with E-state index < -0.39 is 0 Å². The van der Waals surface area contributed by atoms with Gasteiger partial charge in [0.1, 0.15) is 16.7 Å². The first-order chi connectivity index (χ1) is 7.18. The maximum absolute atomic E-state index is 5.92. The molecule has 0 aliphatic rings. The third kappa shape index (κ3) is 1.94. The van der Waals surface area contributed by atoms with Crippen LogP contribution in [0.4, 0.5) is 5.82 Å². The first kappa shape index (κ1) is 9.98. The van der Waals surface area contributed by atoms with Crippen molar-refractivity contribution >= 4 is 17.4 Å². The number of halogens is 1. The molecule has 0 aromatic carbocycles. The summed E-state index contributed by atoms with van der Waals surface area (Å²) >= 11 is 5.92. The van der Waals surface area contributed by atoms with Crippen LogP contribution in [0.2, 0.25) is 5.15 Å². The Morgan fingerprint density at radius 3 is 2.53 bits per heavy atom. The number of pyridine rings is 1. The highest BCUT2D eigenvalue weighted by molar-refractivity contribution is 6.31. The number of aromatic amines is 1. The second kappa shape index (κ2) is 3.90. The van der Waals surface area contributed by atoms with Crippen molar-refractivity contribution in [2.45, 2.75) is 0 Å². The zero-order chi connectivity index (χ0) is 10.8. The van der Waals surface area contributed by atoms with Crippen LogP contribution in [0.3, 0.4) is 0 Å². The number of nitrogens with zero attached hydrogens (tertiary/aromatic N) is 3. The Morgan fingerprint density at radius 2 is 2.07 bits per heavy atom. The number of rotatable bonds is 2. The molecule has 0 saturated heterocycles. The van der Waals surface area contributed by atoms with Gasteiger partial charge in [-0.1, -0.05) is 11.6 Å². The highest BCUT2D eigenvalue weighted by Crippen LogP contribution is 2.24. The molecule has 0 saturated carbocycles. The number of hydrogen-bond donors (Lipinski definition) is 1. The van der Waals surface area contributed by atoms with Gasteiger partial charge in [0.25, 0.3) is 0 Å². The van der Waals surface area contributed by atoms with Crippen LogP contribution in [0.25, 0.3) is 11.3 Å². The van der Waals surface area contributed by atoms with Crippen LogP contribution < -0.4 is 4.90 Å². The lowest BCUT2D eigenvalue weighted by atomic mass is 10.2. The molecular formula is C10H11ClN4. The predicted molar refractivity (Wildman–Crippen MR) is 61.2 cm³/mol. The molecule has 0 bridgehead atoms. The quantitative estimate of drug-likeness (QED) is 0.847. The zero-order valence-corrected chi connectivity index (χ0v) is 9.28. The summed E-state index contributed by atoms with van der Waals surface area (Å²) in [5.41, 5.74) is 1.64. The van der Waals surface area contributed by atoms with E-state index in [-0.39, 0.29) is 0 Å². The van der Waals surface area contributed by atoms with E-state index in [1.54, 1.807) is 12.5 Å². The van der Waals surface area contributed by atoms with Crippen molar-refractivity contribution in [2.24, 2.45) is 0 Å². The van der Waals surface area contributed by atoms with E-state index in [2.05, 4.69) is 15.0 Å². The SMILES string of the molecule is CN(C)c1ccc(-c2nc[nH]c2Cl)cn1. The number of H-pyrrole nitrogens is 1. The Kier molecular flexibility index (Phi) is 2.60. The average molecular weight is 223 g/mol. The molecule has 2 rings (SSSR count). The lowest BCUT2D eigenvalue weighted by molar-refractivity contribution is 1.07. The minimum atomic E-state index is 0.536. The molecule has 0 aliphatic carbocycles. The fourth-order valence-electron chi connectivity index (χ4n) is 1.27. The predicted octanol–water partition coefficient (Wildman–Crippen LogP) is 2.19. The lowest BCUT2D eigenvalue weighted by Crippen LogP contribution is -2.09. The third-order valence-corrected chi connectivity index (χ3v) is 2.36. The molecule has 2 aromatic rings. The number of hydrogen-bond acceptors (Lipinski definition) is 3. The number of anilines is 1. The van der Waals surface area contributed by atoms with Gasteiger partial charge < -0.3 is 9.88 Å². The fourth-order valence-corrected chi connectivity index (χ4v) is 1.48. The van der Waals surface area contributed by atoms with Gasteiger partial charge in [-0.2, -0.15) is 0 Å². The molecule has 15 heavy (non-hydrogen) atoms. The van der Waals surface area contributed by atoms with Crippen LogP contribution >= 0.6 is 11.6 Å². The number of aromatic nitrogens is 3. The molecule has 0 amide bonds. The summed E-state index contributed by atoms with van der Waals surface area (Å²) in [6, 6.07) is 3.88. The molecule has 0 fully saturated rings. The smallest absolute Gasteiger partial charge is 0.134 e. The molecule has 0 radical (unpaired) electrons.